The van der Waals surface area contributed by atoms with Crippen LogP contribution in [-0.4, -0.2) is 16.1 Å². The second kappa shape index (κ2) is 7.03. The van der Waals surface area contributed by atoms with Crippen LogP contribution >= 0.6 is 0 Å². The van der Waals surface area contributed by atoms with E-state index in [1.54, 1.807) is 0 Å². The fourth-order valence-electron chi connectivity index (χ4n) is 2.70. The third-order valence-electron chi connectivity index (χ3n) is 3.95. The third kappa shape index (κ3) is 3.77. The third-order valence-corrected chi connectivity index (χ3v) is 3.95. The number of amides is 1. The first kappa shape index (κ1) is 17.7. The quantitative estimate of drug-likeness (QED) is 0.728. The molecule has 1 aromatic heterocycles. The number of nitrogens with zero attached hydrogens (tertiary/aromatic N) is 1. The minimum atomic E-state index is -4.47. The van der Waals surface area contributed by atoms with Crippen molar-refractivity contribution in [1.82, 2.24) is 15.5 Å². The molecule has 0 spiro atoms. The van der Waals surface area contributed by atoms with Crippen LogP contribution in [0, 0.1) is 6.92 Å². The van der Waals surface area contributed by atoms with E-state index in [2.05, 4.69) is 15.5 Å². The molecular formula is C19H16F3N3O. The second-order valence-corrected chi connectivity index (χ2v) is 5.87. The number of aryl methyl sites for hydroxylation is 1. The van der Waals surface area contributed by atoms with E-state index < -0.39 is 17.6 Å². The average Bonchev–Trinajstić information content (AvgIpc) is 3.09. The van der Waals surface area contributed by atoms with Gasteiger partial charge >= 0.3 is 6.18 Å². The normalized spacial score (nSPS) is 11.4. The van der Waals surface area contributed by atoms with Gasteiger partial charge in [-0.3, -0.25) is 9.89 Å². The molecule has 3 aromatic rings. The van der Waals surface area contributed by atoms with Crippen LogP contribution in [-0.2, 0) is 12.7 Å². The Morgan fingerprint density at radius 2 is 1.92 bits per heavy atom. The van der Waals surface area contributed by atoms with Crippen LogP contribution < -0.4 is 5.32 Å². The lowest BCUT2D eigenvalue weighted by Gasteiger charge is -2.13. The standard InChI is InChI=1S/C19H16F3N3O/c1-12-5-4-7-13(9-12)17-15(11-24-25-17)18(26)23-10-14-6-2-3-8-16(14)19(20,21)22/h2-9,11H,10H2,1H3,(H,23,26)(H,24,25). The minimum absolute atomic E-state index is 0.00829. The highest BCUT2D eigenvalue weighted by atomic mass is 19.4. The predicted octanol–water partition coefficient (Wildman–Crippen LogP) is 4.33. The molecule has 2 aromatic carbocycles. The maximum atomic E-state index is 13.0. The Bertz CT molecular complexity index is 932. The molecule has 134 valence electrons. The van der Waals surface area contributed by atoms with Gasteiger partial charge in [0.05, 0.1) is 23.0 Å². The van der Waals surface area contributed by atoms with E-state index in [1.165, 1.54) is 24.4 Å². The molecule has 0 aliphatic carbocycles. The molecule has 0 unspecified atom stereocenters. The van der Waals surface area contributed by atoms with E-state index in [1.807, 2.05) is 31.2 Å². The Labute approximate surface area is 148 Å². The number of hydrogen-bond acceptors (Lipinski definition) is 2. The average molecular weight is 359 g/mol. The summed E-state index contributed by atoms with van der Waals surface area (Å²) in [6.45, 7) is 1.70. The first-order valence-electron chi connectivity index (χ1n) is 7.90. The lowest BCUT2D eigenvalue weighted by molar-refractivity contribution is -0.138. The summed E-state index contributed by atoms with van der Waals surface area (Å²) in [5.41, 5.74) is 1.85. The minimum Gasteiger partial charge on any atom is -0.348 e. The fraction of sp³-hybridized carbons (Fsp3) is 0.158. The Morgan fingerprint density at radius 3 is 2.65 bits per heavy atom. The molecule has 1 heterocycles. The zero-order valence-electron chi connectivity index (χ0n) is 13.9. The molecule has 7 heteroatoms. The van der Waals surface area contributed by atoms with Crippen molar-refractivity contribution in [2.45, 2.75) is 19.6 Å². The Hall–Kier alpha value is -3.09. The number of nitrogens with one attached hydrogen (secondary N) is 2. The maximum absolute atomic E-state index is 13.0. The molecule has 4 nitrogen and oxygen atoms in total. The SMILES string of the molecule is Cc1cccc(-c2[nH]ncc2C(=O)NCc2ccccc2C(F)(F)F)c1. The highest BCUT2D eigenvalue weighted by molar-refractivity contribution is 5.99. The van der Waals surface area contributed by atoms with Gasteiger partial charge in [0.2, 0.25) is 0 Å². The summed E-state index contributed by atoms with van der Waals surface area (Å²) in [4.78, 5) is 12.5. The van der Waals surface area contributed by atoms with E-state index >= 15 is 0 Å². The number of halogens is 3. The smallest absolute Gasteiger partial charge is 0.348 e. The number of alkyl halides is 3. The highest BCUT2D eigenvalue weighted by Gasteiger charge is 2.32. The molecule has 2 N–H and O–H groups in total. The molecule has 0 aliphatic rings. The zero-order chi connectivity index (χ0) is 18.7. The van der Waals surface area contributed by atoms with E-state index in [4.69, 9.17) is 0 Å². The Balaban J connectivity index is 1.80. The number of carbonyl (C=O) groups is 1. The molecule has 0 saturated heterocycles. The molecular weight excluding hydrogens is 343 g/mol. The summed E-state index contributed by atoms with van der Waals surface area (Å²) in [7, 11) is 0. The van der Waals surface area contributed by atoms with E-state index in [0.717, 1.165) is 17.2 Å². The Morgan fingerprint density at radius 1 is 1.15 bits per heavy atom. The fourth-order valence-corrected chi connectivity index (χ4v) is 2.70. The van der Waals surface area contributed by atoms with Crippen molar-refractivity contribution in [2.24, 2.45) is 0 Å². The van der Waals surface area contributed by atoms with Crippen LogP contribution in [0.25, 0.3) is 11.3 Å². The zero-order valence-corrected chi connectivity index (χ0v) is 13.9. The van der Waals surface area contributed by atoms with Crippen LogP contribution in [0.15, 0.2) is 54.7 Å². The number of hydrogen-bond donors (Lipinski definition) is 2. The van der Waals surface area contributed by atoms with Gasteiger partial charge in [-0.2, -0.15) is 18.3 Å². The first-order chi connectivity index (χ1) is 12.4. The molecule has 0 atom stereocenters. The Kier molecular flexibility index (Phi) is 4.79. The topological polar surface area (TPSA) is 57.8 Å². The van der Waals surface area contributed by atoms with Crippen LogP contribution in [0.3, 0.4) is 0 Å². The van der Waals surface area contributed by atoms with E-state index in [-0.39, 0.29) is 17.7 Å². The van der Waals surface area contributed by atoms with Gasteiger partial charge in [-0.1, -0.05) is 42.0 Å². The van der Waals surface area contributed by atoms with Crippen molar-refractivity contribution >= 4 is 5.91 Å². The van der Waals surface area contributed by atoms with Crippen LogP contribution in [0.4, 0.5) is 13.2 Å². The van der Waals surface area contributed by atoms with Gasteiger partial charge in [-0.25, -0.2) is 0 Å². The molecule has 0 saturated carbocycles. The molecule has 0 bridgehead atoms. The summed E-state index contributed by atoms with van der Waals surface area (Å²) in [5, 5.41) is 9.21. The van der Waals surface area contributed by atoms with Gasteiger partial charge in [0.15, 0.2) is 0 Å². The molecule has 3 rings (SSSR count). The van der Waals surface area contributed by atoms with Gasteiger partial charge in [0, 0.05) is 12.1 Å². The van der Waals surface area contributed by atoms with E-state index in [9.17, 15) is 18.0 Å². The van der Waals surface area contributed by atoms with Crippen molar-refractivity contribution in [2.75, 3.05) is 0 Å². The lowest BCUT2D eigenvalue weighted by atomic mass is 10.0. The van der Waals surface area contributed by atoms with Gasteiger partial charge in [0.1, 0.15) is 0 Å². The molecule has 0 fully saturated rings. The number of benzene rings is 2. The second-order valence-electron chi connectivity index (χ2n) is 5.87. The number of rotatable bonds is 4. The molecule has 1 amide bonds. The molecule has 0 radical (unpaired) electrons. The first-order valence-corrected chi connectivity index (χ1v) is 7.90. The van der Waals surface area contributed by atoms with Gasteiger partial charge in [-0.05, 0) is 24.6 Å². The lowest BCUT2D eigenvalue weighted by Crippen LogP contribution is -2.24. The van der Waals surface area contributed by atoms with Crippen LogP contribution in [0.2, 0.25) is 0 Å². The predicted molar refractivity (Wildman–Crippen MR) is 91.4 cm³/mol. The molecule has 0 aliphatic heterocycles. The van der Waals surface area contributed by atoms with Crippen LogP contribution in [0.5, 0.6) is 0 Å². The van der Waals surface area contributed by atoms with Crippen LogP contribution in [0.1, 0.15) is 27.0 Å². The summed E-state index contributed by atoms with van der Waals surface area (Å²) in [6, 6.07) is 12.7. The maximum Gasteiger partial charge on any atom is 0.416 e. The summed E-state index contributed by atoms with van der Waals surface area (Å²) >= 11 is 0. The van der Waals surface area contributed by atoms with Crippen molar-refractivity contribution in [3.8, 4) is 11.3 Å². The van der Waals surface area contributed by atoms with Crippen molar-refractivity contribution < 1.29 is 18.0 Å². The number of aromatic nitrogens is 2. The summed E-state index contributed by atoms with van der Waals surface area (Å²) < 4.78 is 39.1. The van der Waals surface area contributed by atoms with Gasteiger partial charge in [0.25, 0.3) is 5.91 Å². The monoisotopic (exact) mass is 359 g/mol. The highest BCUT2D eigenvalue weighted by Crippen LogP contribution is 2.31. The van der Waals surface area contributed by atoms with Crippen molar-refractivity contribution in [3.63, 3.8) is 0 Å². The van der Waals surface area contributed by atoms with Crippen molar-refractivity contribution in [1.29, 1.82) is 0 Å². The van der Waals surface area contributed by atoms with E-state index in [0.29, 0.717) is 5.69 Å². The number of aromatic amines is 1. The number of carbonyl (C=O) groups excluding carboxylic acids is 1. The summed E-state index contributed by atoms with van der Waals surface area (Å²) in [5.74, 6) is -0.493. The van der Waals surface area contributed by atoms with Crippen molar-refractivity contribution in [3.05, 3.63) is 77.0 Å². The number of H-pyrrole nitrogens is 1. The molecule has 26 heavy (non-hydrogen) atoms. The largest absolute Gasteiger partial charge is 0.416 e. The van der Waals surface area contributed by atoms with Gasteiger partial charge in [-0.15, -0.1) is 0 Å². The summed E-state index contributed by atoms with van der Waals surface area (Å²) in [6.07, 6.45) is -3.10. The van der Waals surface area contributed by atoms with Gasteiger partial charge < -0.3 is 5.32 Å².